The van der Waals surface area contributed by atoms with Crippen molar-refractivity contribution in [2.24, 2.45) is 17.1 Å². The van der Waals surface area contributed by atoms with Crippen molar-refractivity contribution < 1.29 is 0 Å². The first-order chi connectivity index (χ1) is 9.72. The molecule has 1 aromatic carbocycles. The minimum Gasteiger partial charge on any atom is -0.350 e. The van der Waals surface area contributed by atoms with E-state index in [2.05, 4.69) is 26.2 Å². The molecule has 0 saturated carbocycles. The summed E-state index contributed by atoms with van der Waals surface area (Å²) in [5, 5.41) is 5.90. The first kappa shape index (κ1) is 13.3. The second kappa shape index (κ2) is 5.73. The number of nitrogens with zero attached hydrogens (tertiary/aromatic N) is 3. The summed E-state index contributed by atoms with van der Waals surface area (Å²) >= 11 is 7.49. The van der Waals surface area contributed by atoms with Crippen LogP contribution in [0.4, 0.5) is 5.69 Å². The fraction of sp³-hybridized carbons (Fsp3) is 0.143. The molecule has 20 heavy (non-hydrogen) atoms. The Kier molecular flexibility index (Phi) is 3.80. The van der Waals surface area contributed by atoms with Crippen LogP contribution in [0.2, 0.25) is 5.02 Å². The molecular formula is C14H13ClN4S. The average Bonchev–Trinajstić information content (AvgIpc) is 2.89. The summed E-state index contributed by atoms with van der Waals surface area (Å²) in [4.78, 5) is 4.49. The quantitative estimate of drug-likeness (QED) is 0.924. The van der Waals surface area contributed by atoms with Gasteiger partial charge < -0.3 is 4.57 Å². The third-order valence-electron chi connectivity index (χ3n) is 2.93. The number of amidine groups is 1. The molecule has 4 nitrogen and oxygen atoms in total. The molecule has 3 rings (SSSR count). The molecule has 0 fully saturated rings. The third kappa shape index (κ3) is 2.89. The van der Waals surface area contributed by atoms with E-state index in [-0.39, 0.29) is 0 Å². The predicted octanol–water partition coefficient (Wildman–Crippen LogP) is 3.41. The fourth-order valence-electron chi connectivity index (χ4n) is 1.90. The van der Waals surface area contributed by atoms with Crippen molar-refractivity contribution >= 4 is 39.9 Å². The van der Waals surface area contributed by atoms with Gasteiger partial charge >= 0.3 is 0 Å². The highest BCUT2D eigenvalue weighted by Crippen LogP contribution is 2.20. The van der Waals surface area contributed by atoms with Crippen LogP contribution in [0, 0.1) is 0 Å². The number of aliphatic imine (C=N–C) groups is 1. The Bertz CT molecular complexity index is 673. The van der Waals surface area contributed by atoms with Crippen molar-refractivity contribution in [2.45, 2.75) is 0 Å². The van der Waals surface area contributed by atoms with E-state index in [1.807, 2.05) is 43.6 Å². The lowest BCUT2D eigenvalue weighted by molar-refractivity contribution is 0.906. The Morgan fingerprint density at radius 1 is 1.30 bits per heavy atom. The van der Waals surface area contributed by atoms with E-state index in [0.717, 1.165) is 28.0 Å². The van der Waals surface area contributed by atoms with Gasteiger partial charge in [0.05, 0.1) is 17.1 Å². The van der Waals surface area contributed by atoms with Crippen LogP contribution in [0.1, 0.15) is 5.69 Å². The highest BCUT2D eigenvalue weighted by atomic mass is 35.5. The largest absolute Gasteiger partial charge is 0.350 e. The van der Waals surface area contributed by atoms with Crippen LogP contribution in [0.25, 0.3) is 0 Å². The van der Waals surface area contributed by atoms with Crippen molar-refractivity contribution in [3.05, 3.63) is 53.3 Å². The number of aromatic nitrogens is 1. The molecule has 1 N–H and O–H groups in total. The van der Waals surface area contributed by atoms with Gasteiger partial charge in [-0.25, -0.2) is 4.99 Å². The Morgan fingerprint density at radius 2 is 2.10 bits per heavy atom. The first-order valence-corrected chi connectivity index (χ1v) is 7.50. The minimum atomic E-state index is 0.710. The molecule has 0 saturated heterocycles. The van der Waals surface area contributed by atoms with Crippen LogP contribution in [0.3, 0.4) is 0 Å². The standard InChI is InChI=1S/C14H13ClN4S/c1-19-8-2-3-13(19)12-9-20-14(18-17-12)16-11-6-4-10(15)5-7-11/h2-8H,9H2,1H3,(H,16,18). The SMILES string of the molecule is Cn1cccc1C1=NNC(=Nc2ccc(Cl)cc2)SC1. The van der Waals surface area contributed by atoms with E-state index in [4.69, 9.17) is 11.6 Å². The van der Waals surface area contributed by atoms with Crippen LogP contribution in [-0.4, -0.2) is 21.2 Å². The number of halogens is 1. The molecule has 0 amide bonds. The third-order valence-corrected chi connectivity index (χ3v) is 4.05. The summed E-state index contributed by atoms with van der Waals surface area (Å²) in [5.74, 6) is 0.803. The molecular weight excluding hydrogens is 292 g/mol. The van der Waals surface area contributed by atoms with Gasteiger partial charge in [-0.3, -0.25) is 5.43 Å². The fourth-order valence-corrected chi connectivity index (χ4v) is 2.79. The van der Waals surface area contributed by atoms with Gasteiger partial charge in [0.25, 0.3) is 0 Å². The Morgan fingerprint density at radius 3 is 2.70 bits per heavy atom. The Balaban J connectivity index is 1.76. The molecule has 0 radical (unpaired) electrons. The number of benzene rings is 1. The van der Waals surface area contributed by atoms with E-state index in [9.17, 15) is 0 Å². The van der Waals surface area contributed by atoms with Crippen LogP contribution in [-0.2, 0) is 7.05 Å². The van der Waals surface area contributed by atoms with Crippen molar-refractivity contribution in [1.82, 2.24) is 9.99 Å². The van der Waals surface area contributed by atoms with Gasteiger partial charge in [-0.05, 0) is 36.4 Å². The van der Waals surface area contributed by atoms with Crippen LogP contribution < -0.4 is 5.43 Å². The van der Waals surface area contributed by atoms with E-state index in [1.165, 1.54) is 0 Å². The number of nitrogens with one attached hydrogen (secondary N) is 1. The van der Waals surface area contributed by atoms with Gasteiger partial charge in [-0.1, -0.05) is 23.4 Å². The molecule has 1 aromatic heterocycles. The molecule has 2 heterocycles. The summed E-state index contributed by atoms with van der Waals surface area (Å²) in [7, 11) is 2.01. The van der Waals surface area contributed by atoms with E-state index in [0.29, 0.717) is 5.02 Å². The molecule has 1 aliphatic heterocycles. The molecule has 0 spiro atoms. The number of thioether (sulfide) groups is 1. The highest BCUT2D eigenvalue weighted by Gasteiger charge is 2.14. The maximum absolute atomic E-state index is 5.85. The van der Waals surface area contributed by atoms with Crippen molar-refractivity contribution in [3.8, 4) is 0 Å². The zero-order valence-electron chi connectivity index (χ0n) is 10.9. The molecule has 6 heteroatoms. The number of hydrogen-bond donors (Lipinski definition) is 1. The normalized spacial score (nSPS) is 16.9. The molecule has 102 valence electrons. The summed E-state index contributed by atoms with van der Waals surface area (Å²) in [6, 6.07) is 11.5. The maximum Gasteiger partial charge on any atom is 0.182 e. The maximum atomic E-state index is 5.85. The van der Waals surface area contributed by atoms with Crippen molar-refractivity contribution in [3.63, 3.8) is 0 Å². The van der Waals surface area contributed by atoms with Crippen LogP contribution in [0.15, 0.2) is 52.7 Å². The lowest BCUT2D eigenvalue weighted by Gasteiger charge is -2.15. The monoisotopic (exact) mass is 304 g/mol. The van der Waals surface area contributed by atoms with E-state index >= 15 is 0 Å². The lowest BCUT2D eigenvalue weighted by Crippen LogP contribution is -2.26. The topological polar surface area (TPSA) is 41.7 Å². The van der Waals surface area contributed by atoms with Crippen LogP contribution >= 0.6 is 23.4 Å². The van der Waals surface area contributed by atoms with Gasteiger partial charge in [0.1, 0.15) is 0 Å². The van der Waals surface area contributed by atoms with Gasteiger partial charge in [-0.2, -0.15) is 5.10 Å². The van der Waals surface area contributed by atoms with E-state index < -0.39 is 0 Å². The molecule has 1 aliphatic rings. The molecule has 0 bridgehead atoms. The van der Waals surface area contributed by atoms with Crippen molar-refractivity contribution in [1.29, 1.82) is 0 Å². The second-order valence-corrected chi connectivity index (χ2v) is 5.76. The lowest BCUT2D eigenvalue weighted by atomic mass is 10.3. The average molecular weight is 305 g/mol. The zero-order chi connectivity index (χ0) is 13.9. The molecule has 0 atom stereocenters. The highest BCUT2D eigenvalue weighted by molar-refractivity contribution is 8.14. The number of rotatable bonds is 2. The van der Waals surface area contributed by atoms with Crippen LogP contribution in [0.5, 0.6) is 0 Å². The second-order valence-electron chi connectivity index (χ2n) is 4.36. The van der Waals surface area contributed by atoms with E-state index in [1.54, 1.807) is 11.8 Å². The first-order valence-electron chi connectivity index (χ1n) is 6.14. The predicted molar refractivity (Wildman–Crippen MR) is 86.1 cm³/mol. The Hall–Kier alpha value is -1.72. The zero-order valence-corrected chi connectivity index (χ0v) is 12.4. The summed E-state index contributed by atoms with van der Waals surface area (Å²) in [6.07, 6.45) is 2.01. The summed E-state index contributed by atoms with van der Waals surface area (Å²) in [6.45, 7) is 0. The smallest absolute Gasteiger partial charge is 0.182 e. The summed E-state index contributed by atoms with van der Waals surface area (Å²) in [5.41, 5.74) is 6.01. The molecule has 0 unspecified atom stereocenters. The van der Waals surface area contributed by atoms with Gasteiger partial charge in [0, 0.05) is 24.0 Å². The number of aryl methyl sites for hydroxylation is 1. The molecule has 0 aliphatic carbocycles. The summed E-state index contributed by atoms with van der Waals surface area (Å²) < 4.78 is 2.06. The van der Waals surface area contributed by atoms with Gasteiger partial charge in [0.2, 0.25) is 0 Å². The Labute approximate surface area is 126 Å². The van der Waals surface area contributed by atoms with Gasteiger partial charge in [-0.15, -0.1) is 0 Å². The van der Waals surface area contributed by atoms with Crippen molar-refractivity contribution in [2.75, 3.05) is 5.75 Å². The number of hydrazone groups is 1. The minimum absolute atomic E-state index is 0.710. The molecule has 2 aromatic rings. The van der Waals surface area contributed by atoms with Gasteiger partial charge in [0.15, 0.2) is 5.17 Å². The number of hydrogen-bond acceptors (Lipinski definition) is 3.